The standard InChI is InChI=1S/C17H14N2O4/c1-22-17(21)14-7-2-3-8-15(14)19-16(20)11-23-13-6-4-5-12(9-13)10-18/h2-9H,11H2,1H3,(H,19,20). The van der Waals surface area contributed by atoms with Crippen LogP contribution in [0.2, 0.25) is 0 Å². The fourth-order valence-corrected chi connectivity index (χ4v) is 1.87. The van der Waals surface area contributed by atoms with Crippen molar-refractivity contribution in [3.63, 3.8) is 0 Å². The maximum Gasteiger partial charge on any atom is 0.339 e. The van der Waals surface area contributed by atoms with Crippen LogP contribution in [0.3, 0.4) is 0 Å². The van der Waals surface area contributed by atoms with Crippen LogP contribution < -0.4 is 10.1 Å². The fourth-order valence-electron chi connectivity index (χ4n) is 1.87. The number of amides is 1. The van der Waals surface area contributed by atoms with Gasteiger partial charge < -0.3 is 14.8 Å². The zero-order valence-corrected chi connectivity index (χ0v) is 12.4. The summed E-state index contributed by atoms with van der Waals surface area (Å²) in [7, 11) is 1.27. The number of hydrogen-bond donors (Lipinski definition) is 1. The van der Waals surface area contributed by atoms with Crippen LogP contribution >= 0.6 is 0 Å². The lowest BCUT2D eigenvalue weighted by Crippen LogP contribution is -2.21. The van der Waals surface area contributed by atoms with Gasteiger partial charge in [0.15, 0.2) is 6.61 Å². The molecule has 0 heterocycles. The number of hydrogen-bond acceptors (Lipinski definition) is 5. The first-order valence-electron chi connectivity index (χ1n) is 6.74. The number of nitrogens with one attached hydrogen (secondary N) is 1. The first kappa shape index (κ1) is 16.0. The SMILES string of the molecule is COC(=O)c1ccccc1NC(=O)COc1cccc(C#N)c1. The highest BCUT2D eigenvalue weighted by molar-refractivity contribution is 6.01. The number of anilines is 1. The Morgan fingerprint density at radius 1 is 1.17 bits per heavy atom. The Labute approximate surface area is 133 Å². The Kier molecular flexibility index (Phi) is 5.31. The zero-order valence-electron chi connectivity index (χ0n) is 12.4. The van der Waals surface area contributed by atoms with E-state index in [0.717, 1.165) is 0 Å². The van der Waals surface area contributed by atoms with Crippen LogP contribution in [0.1, 0.15) is 15.9 Å². The number of esters is 1. The molecule has 6 nitrogen and oxygen atoms in total. The van der Waals surface area contributed by atoms with E-state index in [4.69, 9.17) is 10.00 Å². The lowest BCUT2D eigenvalue weighted by Gasteiger charge is -2.10. The maximum atomic E-state index is 12.0. The summed E-state index contributed by atoms with van der Waals surface area (Å²) in [5.41, 5.74) is 1.05. The van der Waals surface area contributed by atoms with Crippen LogP contribution in [0.15, 0.2) is 48.5 Å². The Morgan fingerprint density at radius 2 is 1.96 bits per heavy atom. The van der Waals surface area contributed by atoms with E-state index < -0.39 is 11.9 Å². The van der Waals surface area contributed by atoms with Gasteiger partial charge in [-0.1, -0.05) is 18.2 Å². The smallest absolute Gasteiger partial charge is 0.339 e. The molecule has 0 aliphatic heterocycles. The normalized spacial score (nSPS) is 9.57. The van der Waals surface area contributed by atoms with Crippen LogP contribution in [0, 0.1) is 11.3 Å². The molecular formula is C17H14N2O4. The Hall–Kier alpha value is -3.33. The van der Waals surface area contributed by atoms with E-state index >= 15 is 0 Å². The molecule has 0 aliphatic carbocycles. The Balaban J connectivity index is 2.00. The molecule has 2 aromatic rings. The third kappa shape index (κ3) is 4.32. The third-order valence-corrected chi connectivity index (χ3v) is 2.94. The van der Waals surface area contributed by atoms with Crippen molar-refractivity contribution >= 4 is 17.6 Å². The van der Waals surface area contributed by atoms with Gasteiger partial charge in [-0.25, -0.2) is 4.79 Å². The van der Waals surface area contributed by atoms with E-state index in [1.165, 1.54) is 13.2 Å². The number of nitrogens with zero attached hydrogens (tertiary/aromatic N) is 1. The summed E-state index contributed by atoms with van der Waals surface area (Å²) in [6, 6.07) is 15.0. The van der Waals surface area contributed by atoms with Crippen LogP contribution in [-0.2, 0) is 9.53 Å². The van der Waals surface area contributed by atoms with Crippen molar-refractivity contribution in [3.8, 4) is 11.8 Å². The predicted octanol–water partition coefficient (Wildman–Crippen LogP) is 2.36. The molecule has 1 N–H and O–H groups in total. The molecule has 2 rings (SSSR count). The first-order chi connectivity index (χ1) is 11.1. The van der Waals surface area contributed by atoms with Crippen LogP contribution in [0.4, 0.5) is 5.69 Å². The number of methoxy groups -OCH3 is 1. The molecule has 0 spiro atoms. The summed E-state index contributed by atoms with van der Waals surface area (Å²) in [4.78, 5) is 23.6. The molecule has 2 aromatic carbocycles. The largest absolute Gasteiger partial charge is 0.484 e. The van der Waals surface area contributed by atoms with E-state index in [9.17, 15) is 9.59 Å². The Bertz CT molecular complexity index is 765. The summed E-state index contributed by atoms with van der Waals surface area (Å²) in [6.07, 6.45) is 0. The molecule has 116 valence electrons. The van der Waals surface area contributed by atoms with Crippen molar-refractivity contribution in [2.75, 3.05) is 19.0 Å². The summed E-state index contributed by atoms with van der Waals surface area (Å²) >= 11 is 0. The number of benzene rings is 2. The minimum absolute atomic E-state index is 0.246. The van der Waals surface area contributed by atoms with Crippen molar-refractivity contribution in [2.45, 2.75) is 0 Å². The van der Waals surface area contributed by atoms with Gasteiger partial charge in [0.1, 0.15) is 5.75 Å². The van der Waals surface area contributed by atoms with Gasteiger partial charge in [-0.05, 0) is 30.3 Å². The van der Waals surface area contributed by atoms with Crippen LogP contribution in [0.5, 0.6) is 5.75 Å². The quantitative estimate of drug-likeness (QED) is 0.856. The zero-order chi connectivity index (χ0) is 16.7. The van der Waals surface area contributed by atoms with Gasteiger partial charge in [0.2, 0.25) is 0 Å². The van der Waals surface area contributed by atoms with E-state index in [2.05, 4.69) is 10.1 Å². The second-order valence-electron chi connectivity index (χ2n) is 4.51. The van der Waals surface area contributed by atoms with Gasteiger partial charge in [-0.3, -0.25) is 4.79 Å². The summed E-state index contributed by atoms with van der Waals surface area (Å²) in [6.45, 7) is -0.246. The molecule has 0 fully saturated rings. The van der Waals surface area contributed by atoms with Gasteiger partial charge >= 0.3 is 5.97 Å². The highest BCUT2D eigenvalue weighted by Gasteiger charge is 2.13. The minimum atomic E-state index is -0.538. The molecule has 0 saturated heterocycles. The van der Waals surface area contributed by atoms with Crippen molar-refractivity contribution in [3.05, 3.63) is 59.7 Å². The number of carbonyl (C=O) groups is 2. The Morgan fingerprint density at radius 3 is 2.70 bits per heavy atom. The average Bonchev–Trinajstić information content (AvgIpc) is 2.60. The molecule has 23 heavy (non-hydrogen) atoms. The van der Waals surface area contributed by atoms with Gasteiger partial charge in [-0.15, -0.1) is 0 Å². The third-order valence-electron chi connectivity index (χ3n) is 2.94. The lowest BCUT2D eigenvalue weighted by molar-refractivity contribution is -0.118. The summed E-state index contributed by atoms with van der Waals surface area (Å²) in [5.74, 6) is -0.548. The first-order valence-corrected chi connectivity index (χ1v) is 6.74. The fraction of sp³-hybridized carbons (Fsp3) is 0.118. The second kappa shape index (κ2) is 7.61. The number of nitriles is 1. The van der Waals surface area contributed by atoms with E-state index in [-0.39, 0.29) is 12.2 Å². The summed E-state index contributed by atoms with van der Waals surface area (Å²) in [5, 5.41) is 11.4. The maximum absolute atomic E-state index is 12.0. The summed E-state index contributed by atoms with van der Waals surface area (Å²) < 4.78 is 9.99. The second-order valence-corrected chi connectivity index (χ2v) is 4.51. The molecule has 0 atom stereocenters. The number of rotatable bonds is 5. The van der Waals surface area contributed by atoms with E-state index in [1.54, 1.807) is 42.5 Å². The van der Waals surface area contributed by atoms with Gasteiger partial charge in [0, 0.05) is 0 Å². The van der Waals surface area contributed by atoms with Crippen LogP contribution in [-0.4, -0.2) is 25.6 Å². The topological polar surface area (TPSA) is 88.4 Å². The van der Waals surface area contributed by atoms with E-state index in [0.29, 0.717) is 17.0 Å². The van der Waals surface area contributed by atoms with Gasteiger partial charge in [0.25, 0.3) is 5.91 Å². The molecule has 0 bridgehead atoms. The van der Waals surface area contributed by atoms with Crippen molar-refractivity contribution in [2.24, 2.45) is 0 Å². The lowest BCUT2D eigenvalue weighted by atomic mass is 10.2. The van der Waals surface area contributed by atoms with Gasteiger partial charge in [-0.2, -0.15) is 5.26 Å². The molecule has 0 unspecified atom stereocenters. The van der Waals surface area contributed by atoms with E-state index in [1.807, 2.05) is 6.07 Å². The number of ether oxygens (including phenoxy) is 2. The molecular weight excluding hydrogens is 296 g/mol. The van der Waals surface area contributed by atoms with Crippen molar-refractivity contribution in [1.29, 1.82) is 5.26 Å². The average molecular weight is 310 g/mol. The molecule has 0 aliphatic rings. The van der Waals surface area contributed by atoms with Crippen molar-refractivity contribution in [1.82, 2.24) is 0 Å². The predicted molar refractivity (Wildman–Crippen MR) is 83.1 cm³/mol. The van der Waals surface area contributed by atoms with Crippen LogP contribution in [0.25, 0.3) is 0 Å². The molecule has 6 heteroatoms. The number of carbonyl (C=O) groups excluding carboxylic acids is 2. The molecule has 0 saturated carbocycles. The molecule has 1 amide bonds. The molecule has 0 radical (unpaired) electrons. The van der Waals surface area contributed by atoms with Gasteiger partial charge in [0.05, 0.1) is 30.0 Å². The number of para-hydroxylation sites is 1. The minimum Gasteiger partial charge on any atom is -0.484 e. The monoisotopic (exact) mass is 310 g/mol. The highest BCUT2D eigenvalue weighted by Crippen LogP contribution is 2.16. The molecule has 0 aromatic heterocycles. The highest BCUT2D eigenvalue weighted by atomic mass is 16.5. The van der Waals surface area contributed by atoms with Crippen molar-refractivity contribution < 1.29 is 19.1 Å².